The van der Waals surface area contributed by atoms with E-state index in [2.05, 4.69) is 0 Å². The Morgan fingerprint density at radius 3 is 1.35 bits per heavy atom. The van der Waals surface area contributed by atoms with Crippen LogP contribution in [0.4, 0.5) is 65.9 Å². The number of alkyl halides is 15. The molecule has 2 N–H and O–H groups in total. The molecule has 0 radical (unpaired) electrons. The summed E-state index contributed by atoms with van der Waals surface area (Å²) in [7, 11) is 0. The summed E-state index contributed by atoms with van der Waals surface area (Å²) in [6.07, 6.45) is -21.3. The molecular weight excluding hydrogens is 489 g/mol. The largest absolute Gasteiger partial charge is 0.478 e. The van der Waals surface area contributed by atoms with Crippen molar-refractivity contribution >= 4 is 5.97 Å². The number of aliphatic carboxylic acids is 1. The van der Waals surface area contributed by atoms with Crippen molar-refractivity contribution in [3.8, 4) is 0 Å². The zero-order valence-electron chi connectivity index (χ0n) is 14.3. The molecule has 0 bridgehead atoms. The SMILES string of the molecule is CC(O)C/C(=C\C(F)(F)C(F)(F)C(F)(F)C(F)(F)C(F)(C(F)(F)F)C(F)(F)F)C(=O)O. The van der Waals surface area contributed by atoms with E-state index in [1.54, 1.807) is 0 Å². The van der Waals surface area contributed by atoms with E-state index in [4.69, 9.17) is 10.2 Å². The molecule has 0 amide bonds. The zero-order chi connectivity index (χ0) is 25.6. The Kier molecular flexibility index (Phi) is 7.43. The number of carboxylic acids is 1. The van der Waals surface area contributed by atoms with Crippen molar-refractivity contribution in [3.63, 3.8) is 0 Å². The van der Waals surface area contributed by atoms with Crippen molar-refractivity contribution in [3.05, 3.63) is 11.6 Å². The molecule has 1 atom stereocenters. The summed E-state index contributed by atoms with van der Waals surface area (Å²) in [4.78, 5) is 10.7. The Morgan fingerprint density at radius 1 is 0.742 bits per heavy atom. The third kappa shape index (κ3) is 4.52. The van der Waals surface area contributed by atoms with E-state index in [0.717, 1.165) is 0 Å². The molecule has 3 nitrogen and oxygen atoms in total. The lowest BCUT2D eigenvalue weighted by Gasteiger charge is -2.42. The first-order valence-corrected chi connectivity index (χ1v) is 7.19. The maximum Gasteiger partial charge on any atom is 0.438 e. The van der Waals surface area contributed by atoms with Gasteiger partial charge in [0.25, 0.3) is 0 Å². The topological polar surface area (TPSA) is 57.5 Å². The Morgan fingerprint density at radius 2 is 1.10 bits per heavy atom. The highest BCUT2D eigenvalue weighted by atomic mass is 19.4. The van der Waals surface area contributed by atoms with Gasteiger partial charge in [-0.2, -0.15) is 61.5 Å². The molecule has 0 fully saturated rings. The van der Waals surface area contributed by atoms with Crippen molar-refractivity contribution in [2.45, 2.75) is 61.2 Å². The molecule has 0 aromatic rings. The minimum absolute atomic E-state index is 0.639. The number of hydrogen-bond donors (Lipinski definition) is 2. The number of halogens is 15. The van der Waals surface area contributed by atoms with Crippen LogP contribution >= 0.6 is 0 Å². The van der Waals surface area contributed by atoms with E-state index in [1.165, 1.54) is 0 Å². The van der Waals surface area contributed by atoms with Crippen molar-refractivity contribution in [2.24, 2.45) is 0 Å². The van der Waals surface area contributed by atoms with Gasteiger partial charge in [-0.15, -0.1) is 0 Å². The second-order valence-electron chi connectivity index (χ2n) is 6.03. The molecule has 0 aliphatic heterocycles. The number of carbonyl (C=O) groups is 1. The van der Waals surface area contributed by atoms with Crippen LogP contribution < -0.4 is 0 Å². The van der Waals surface area contributed by atoms with Crippen molar-refractivity contribution < 1.29 is 80.9 Å². The monoisotopic (exact) mass is 498 g/mol. The van der Waals surface area contributed by atoms with Crippen LogP contribution in [0.25, 0.3) is 0 Å². The molecule has 0 aromatic heterocycles. The van der Waals surface area contributed by atoms with E-state index in [9.17, 15) is 70.7 Å². The summed E-state index contributed by atoms with van der Waals surface area (Å²) >= 11 is 0. The lowest BCUT2D eigenvalue weighted by molar-refractivity contribution is -0.454. The molecule has 0 rings (SSSR count). The zero-order valence-corrected chi connectivity index (χ0v) is 14.3. The highest BCUT2D eigenvalue weighted by Gasteiger charge is 2.95. The average molecular weight is 498 g/mol. The second-order valence-corrected chi connectivity index (χ2v) is 6.03. The molecule has 0 heterocycles. The van der Waals surface area contributed by atoms with Gasteiger partial charge in [0.2, 0.25) is 0 Å². The molecule has 0 spiro atoms. The lowest BCUT2D eigenvalue weighted by Crippen LogP contribution is -2.75. The highest BCUT2D eigenvalue weighted by Crippen LogP contribution is 2.63. The van der Waals surface area contributed by atoms with Crippen LogP contribution in [-0.2, 0) is 4.79 Å². The summed E-state index contributed by atoms with van der Waals surface area (Å²) < 4.78 is 195. The summed E-state index contributed by atoms with van der Waals surface area (Å²) in [6.45, 7) is 0.639. The van der Waals surface area contributed by atoms with E-state index in [1.807, 2.05) is 0 Å². The predicted octanol–water partition coefficient (Wildman–Crippen LogP) is 5.14. The molecular formula is C13H9F15O3. The van der Waals surface area contributed by atoms with Gasteiger partial charge in [-0.05, 0) is 6.92 Å². The Bertz CT molecular complexity index is 688. The van der Waals surface area contributed by atoms with Gasteiger partial charge < -0.3 is 10.2 Å². The molecule has 0 saturated carbocycles. The molecule has 31 heavy (non-hydrogen) atoms. The maximum absolute atomic E-state index is 13.6. The van der Waals surface area contributed by atoms with Gasteiger partial charge in [-0.1, -0.05) is 0 Å². The molecule has 0 saturated heterocycles. The molecule has 184 valence electrons. The molecule has 0 aromatic carbocycles. The van der Waals surface area contributed by atoms with E-state index in [-0.39, 0.29) is 0 Å². The fraction of sp³-hybridized carbons (Fsp3) is 0.769. The maximum atomic E-state index is 13.6. The fourth-order valence-corrected chi connectivity index (χ4v) is 1.98. The van der Waals surface area contributed by atoms with Crippen LogP contribution in [0.3, 0.4) is 0 Å². The number of hydrogen-bond acceptors (Lipinski definition) is 2. The van der Waals surface area contributed by atoms with Crippen molar-refractivity contribution in [1.82, 2.24) is 0 Å². The van der Waals surface area contributed by atoms with Crippen molar-refractivity contribution in [1.29, 1.82) is 0 Å². The second kappa shape index (κ2) is 7.91. The van der Waals surface area contributed by atoms with Crippen LogP contribution in [0.15, 0.2) is 11.6 Å². The number of carboxylic acid groups (broad SMARTS) is 1. The van der Waals surface area contributed by atoms with Crippen LogP contribution in [0.5, 0.6) is 0 Å². The number of rotatable bonds is 8. The van der Waals surface area contributed by atoms with Crippen molar-refractivity contribution in [2.75, 3.05) is 0 Å². The first-order valence-electron chi connectivity index (χ1n) is 7.19. The minimum atomic E-state index is -8.58. The first kappa shape index (κ1) is 29.1. The quantitative estimate of drug-likeness (QED) is 0.360. The summed E-state index contributed by atoms with van der Waals surface area (Å²) in [5.74, 6) is -34.4. The van der Waals surface area contributed by atoms with Crippen LogP contribution in [0.2, 0.25) is 0 Å². The number of allylic oxidation sites excluding steroid dienone is 1. The third-order valence-electron chi connectivity index (χ3n) is 3.57. The lowest BCUT2D eigenvalue weighted by atomic mass is 9.85. The fourth-order valence-electron chi connectivity index (χ4n) is 1.98. The van der Waals surface area contributed by atoms with Gasteiger partial charge in [0.15, 0.2) is 0 Å². The van der Waals surface area contributed by atoms with Gasteiger partial charge >= 0.3 is 47.7 Å². The van der Waals surface area contributed by atoms with Gasteiger partial charge in [0, 0.05) is 18.1 Å². The molecule has 18 heteroatoms. The Hall–Kier alpha value is -1.88. The van der Waals surface area contributed by atoms with Gasteiger partial charge in [-0.3, -0.25) is 0 Å². The molecule has 0 aliphatic rings. The van der Waals surface area contributed by atoms with Crippen LogP contribution in [-0.4, -0.2) is 64.0 Å². The van der Waals surface area contributed by atoms with Crippen LogP contribution in [0.1, 0.15) is 13.3 Å². The average Bonchev–Trinajstić information content (AvgIpc) is 2.49. The van der Waals surface area contributed by atoms with Crippen LogP contribution in [0, 0.1) is 0 Å². The van der Waals surface area contributed by atoms with Gasteiger partial charge in [-0.25, -0.2) is 9.18 Å². The normalized spacial score (nSPS) is 17.0. The minimum Gasteiger partial charge on any atom is -0.478 e. The predicted molar refractivity (Wildman–Crippen MR) is 67.8 cm³/mol. The first-order chi connectivity index (χ1) is 13.2. The number of aliphatic hydroxyl groups is 1. The smallest absolute Gasteiger partial charge is 0.438 e. The van der Waals surface area contributed by atoms with E-state index < -0.39 is 71.9 Å². The van der Waals surface area contributed by atoms with E-state index >= 15 is 0 Å². The van der Waals surface area contributed by atoms with Gasteiger partial charge in [0.1, 0.15) is 0 Å². The summed E-state index contributed by atoms with van der Waals surface area (Å²) in [5.41, 5.74) is -10.5. The number of aliphatic hydroxyl groups excluding tert-OH is 1. The third-order valence-corrected chi connectivity index (χ3v) is 3.57. The highest BCUT2D eigenvalue weighted by molar-refractivity contribution is 5.86. The molecule has 1 unspecified atom stereocenters. The van der Waals surface area contributed by atoms with E-state index in [0.29, 0.717) is 6.92 Å². The Labute approximate surface area is 161 Å². The Balaban J connectivity index is 6.91. The van der Waals surface area contributed by atoms with Gasteiger partial charge in [0.05, 0.1) is 6.10 Å². The summed E-state index contributed by atoms with van der Waals surface area (Å²) in [6, 6.07) is 0. The standard InChI is InChI=1S/C13H9F15O3/c1-4(29)2-5(6(30)31)3-7(14,15)9(17,18)11(21,22)10(19,20)8(16,12(23,24)25)13(26,27)28/h3-4,29H,2H2,1H3,(H,30,31)/b5-3+. The summed E-state index contributed by atoms with van der Waals surface area (Å²) in [5, 5.41) is 17.3. The molecule has 0 aliphatic carbocycles.